The molecule has 208 valence electrons. The van der Waals surface area contributed by atoms with Crippen molar-refractivity contribution in [3.63, 3.8) is 0 Å². The number of amidine groups is 1. The predicted molar refractivity (Wildman–Crippen MR) is 172 cm³/mol. The Labute approximate surface area is 251 Å². The molecule has 1 aliphatic heterocycles. The zero-order valence-electron chi connectivity index (χ0n) is 23.7. The van der Waals surface area contributed by atoms with E-state index in [1.165, 1.54) is 5.56 Å². The summed E-state index contributed by atoms with van der Waals surface area (Å²) in [6.45, 7) is 0. The first-order chi connectivity index (χ1) is 21.2. The molecule has 0 amide bonds. The lowest BCUT2D eigenvalue weighted by atomic mass is 10.00. The van der Waals surface area contributed by atoms with Gasteiger partial charge in [-0.2, -0.15) is 0 Å². The molecule has 0 saturated carbocycles. The Morgan fingerprint density at radius 2 is 0.791 bits per heavy atom. The van der Waals surface area contributed by atoms with Crippen LogP contribution in [0.1, 0.15) is 29.0 Å². The average Bonchev–Trinajstić information content (AvgIpc) is 3.10. The number of hydrogen-bond donors (Lipinski definition) is 1. The predicted octanol–water partition coefficient (Wildman–Crippen LogP) is 7.55. The van der Waals surface area contributed by atoms with Crippen molar-refractivity contribution < 1.29 is 0 Å². The highest BCUT2D eigenvalue weighted by molar-refractivity contribution is 5.99. The molecule has 0 aliphatic carbocycles. The van der Waals surface area contributed by atoms with E-state index in [0.717, 1.165) is 50.3 Å². The Hall–Kier alpha value is -5.46. The van der Waals surface area contributed by atoms with Gasteiger partial charge in [0.2, 0.25) is 0 Å². The average molecular weight is 559 g/mol. The van der Waals surface area contributed by atoms with Gasteiger partial charge in [-0.1, -0.05) is 72.8 Å². The number of rotatable bonds is 6. The number of nitrogens with zero attached hydrogens (tertiary/aromatic N) is 5. The fourth-order valence-corrected chi connectivity index (χ4v) is 5.56. The molecule has 6 nitrogen and oxygen atoms in total. The van der Waals surface area contributed by atoms with Crippen molar-refractivity contribution >= 4 is 5.84 Å². The van der Waals surface area contributed by atoms with Crippen LogP contribution in [0.25, 0.3) is 33.4 Å². The maximum Gasteiger partial charge on any atom is 0.134 e. The molecule has 1 aliphatic rings. The summed E-state index contributed by atoms with van der Waals surface area (Å²) in [4.78, 5) is 19.9. The summed E-state index contributed by atoms with van der Waals surface area (Å²) < 4.78 is 0. The van der Waals surface area contributed by atoms with Crippen LogP contribution in [0.2, 0.25) is 0 Å². The van der Waals surface area contributed by atoms with E-state index in [1.807, 2.05) is 73.6 Å². The van der Waals surface area contributed by atoms with Crippen molar-refractivity contribution in [1.82, 2.24) is 25.2 Å². The molecule has 3 aromatic carbocycles. The second-order valence-electron chi connectivity index (χ2n) is 10.6. The quantitative estimate of drug-likeness (QED) is 0.229. The molecule has 0 saturated heterocycles. The van der Waals surface area contributed by atoms with Gasteiger partial charge in [0.15, 0.2) is 0 Å². The minimum Gasteiger partial charge on any atom is -0.340 e. The van der Waals surface area contributed by atoms with E-state index >= 15 is 0 Å². The zero-order chi connectivity index (χ0) is 29.0. The fraction of sp³-hybridized carbons (Fsp3) is 0.0811. The summed E-state index contributed by atoms with van der Waals surface area (Å²) in [5.74, 6) is 0.937. The Kier molecular flexibility index (Phi) is 7.26. The lowest BCUT2D eigenvalue weighted by Gasteiger charge is -2.39. The molecule has 0 fully saturated rings. The van der Waals surface area contributed by atoms with Crippen LogP contribution in [0.15, 0.2) is 151 Å². The number of nitrogens with one attached hydrogen (secondary N) is 1. The Morgan fingerprint density at radius 3 is 1.23 bits per heavy atom. The van der Waals surface area contributed by atoms with Crippen LogP contribution in [0.3, 0.4) is 0 Å². The molecule has 6 aromatic rings. The molecule has 6 heteroatoms. The molecule has 0 radical (unpaired) electrons. The molecule has 2 atom stereocenters. The number of hydrogen-bond acceptors (Lipinski definition) is 6. The van der Waals surface area contributed by atoms with E-state index < -0.39 is 0 Å². The highest BCUT2D eigenvalue weighted by Gasteiger charge is 2.30. The van der Waals surface area contributed by atoms with E-state index in [0.29, 0.717) is 0 Å². The van der Waals surface area contributed by atoms with Gasteiger partial charge in [-0.15, -0.1) is 0 Å². The van der Waals surface area contributed by atoms with E-state index in [-0.39, 0.29) is 12.3 Å². The van der Waals surface area contributed by atoms with Crippen molar-refractivity contribution in [2.75, 3.05) is 7.05 Å². The molecule has 7 rings (SSSR count). The topological polar surface area (TPSA) is 66.3 Å². The molecule has 3 aromatic heterocycles. The van der Waals surface area contributed by atoms with Crippen LogP contribution in [0.4, 0.5) is 0 Å². The van der Waals surface area contributed by atoms with Crippen molar-refractivity contribution in [1.29, 1.82) is 0 Å². The molecular weight excluding hydrogens is 528 g/mol. The maximum absolute atomic E-state index is 5.25. The minimum atomic E-state index is -0.220. The normalized spacial score (nSPS) is 16.5. The summed E-state index contributed by atoms with van der Waals surface area (Å²) >= 11 is 0. The minimum absolute atomic E-state index is 0.0799. The maximum atomic E-state index is 5.25. The Morgan fingerprint density at radius 1 is 0.442 bits per heavy atom. The largest absolute Gasteiger partial charge is 0.340 e. The molecule has 43 heavy (non-hydrogen) atoms. The zero-order valence-corrected chi connectivity index (χ0v) is 23.7. The summed E-state index contributed by atoms with van der Waals surface area (Å²) in [6.07, 6.45) is 10.6. The van der Waals surface area contributed by atoms with Crippen molar-refractivity contribution in [2.24, 2.45) is 4.99 Å². The van der Waals surface area contributed by atoms with Gasteiger partial charge in [0.1, 0.15) is 18.2 Å². The van der Waals surface area contributed by atoms with Gasteiger partial charge in [-0.25, -0.2) is 4.99 Å². The second kappa shape index (κ2) is 11.8. The summed E-state index contributed by atoms with van der Waals surface area (Å²) in [5.41, 5.74) is 10.2. The van der Waals surface area contributed by atoms with Crippen LogP contribution in [0.5, 0.6) is 0 Å². The molecule has 1 N–H and O–H groups in total. The number of pyridine rings is 3. The van der Waals surface area contributed by atoms with Gasteiger partial charge in [0.25, 0.3) is 0 Å². The lowest BCUT2D eigenvalue weighted by molar-refractivity contribution is 0.257. The lowest BCUT2D eigenvalue weighted by Crippen LogP contribution is -2.46. The molecule has 0 bridgehead atoms. The van der Waals surface area contributed by atoms with Crippen LogP contribution in [-0.4, -0.2) is 32.7 Å². The summed E-state index contributed by atoms with van der Waals surface area (Å²) in [7, 11) is 2.10. The Bertz CT molecular complexity index is 1820. The van der Waals surface area contributed by atoms with Crippen molar-refractivity contribution in [3.8, 4) is 33.4 Å². The highest BCUT2D eigenvalue weighted by atomic mass is 15.4. The monoisotopic (exact) mass is 558 g/mol. The number of aromatic nitrogens is 3. The SMILES string of the molecule is CN1C(c2ccc(-c3ccncc3)cc2)=NC(c2ccc(-c3ccncc3)cc2)NC1c1ccc(-c2ccncc2)cc1. The first-order valence-corrected chi connectivity index (χ1v) is 14.3. The van der Waals surface area contributed by atoms with E-state index in [9.17, 15) is 0 Å². The van der Waals surface area contributed by atoms with Crippen LogP contribution in [-0.2, 0) is 0 Å². The van der Waals surface area contributed by atoms with E-state index in [1.54, 1.807) is 0 Å². The second-order valence-corrected chi connectivity index (χ2v) is 10.6. The van der Waals surface area contributed by atoms with E-state index in [4.69, 9.17) is 4.99 Å². The van der Waals surface area contributed by atoms with E-state index in [2.05, 4.69) is 105 Å². The third-order valence-electron chi connectivity index (χ3n) is 7.93. The number of aliphatic imine (C=N–C) groups is 1. The van der Waals surface area contributed by atoms with Gasteiger partial charge in [0, 0.05) is 49.8 Å². The van der Waals surface area contributed by atoms with Crippen LogP contribution in [0, 0.1) is 0 Å². The van der Waals surface area contributed by atoms with Crippen LogP contribution < -0.4 is 5.32 Å². The first kappa shape index (κ1) is 26.4. The smallest absolute Gasteiger partial charge is 0.134 e. The van der Waals surface area contributed by atoms with Crippen molar-refractivity contribution in [2.45, 2.75) is 12.3 Å². The molecule has 2 unspecified atom stereocenters. The van der Waals surface area contributed by atoms with Gasteiger partial charge >= 0.3 is 0 Å². The summed E-state index contributed by atoms with van der Waals surface area (Å²) in [6, 6.07) is 38.2. The van der Waals surface area contributed by atoms with Gasteiger partial charge in [0.05, 0.1) is 0 Å². The Balaban J connectivity index is 1.24. The van der Waals surface area contributed by atoms with Gasteiger partial charge < -0.3 is 4.90 Å². The molecular formula is C37H30N6. The third kappa shape index (κ3) is 5.56. The van der Waals surface area contributed by atoms with Gasteiger partial charge in [-0.05, 0) is 80.9 Å². The van der Waals surface area contributed by atoms with Crippen LogP contribution >= 0.6 is 0 Å². The summed E-state index contributed by atoms with van der Waals surface area (Å²) in [5, 5.41) is 3.80. The van der Waals surface area contributed by atoms with Crippen molar-refractivity contribution in [3.05, 3.63) is 163 Å². The molecule has 4 heterocycles. The highest BCUT2D eigenvalue weighted by Crippen LogP contribution is 2.33. The first-order valence-electron chi connectivity index (χ1n) is 14.3. The number of benzene rings is 3. The fourth-order valence-electron chi connectivity index (χ4n) is 5.56. The van der Waals surface area contributed by atoms with Gasteiger partial charge in [-0.3, -0.25) is 20.3 Å². The molecule has 0 spiro atoms. The third-order valence-corrected chi connectivity index (χ3v) is 7.93. The standard InChI is InChI=1S/C37H30N6/c1-43-36(33-10-4-27(5-11-33)30-16-22-39-23-17-30)41-35(32-8-2-26(3-9-32)29-14-20-38-21-15-29)42-37(43)34-12-6-28(7-13-34)31-18-24-40-25-19-31/h2-25,35-36,41H,1H3.